The van der Waals surface area contributed by atoms with Crippen molar-refractivity contribution in [2.75, 3.05) is 25.2 Å². The number of hydrogen-bond donors (Lipinski definition) is 1. The Morgan fingerprint density at radius 3 is 2.48 bits per heavy atom. The number of aromatic nitrogens is 3. The summed E-state index contributed by atoms with van der Waals surface area (Å²) in [4.78, 5) is 26.8. The van der Waals surface area contributed by atoms with Gasteiger partial charge in [-0.15, -0.1) is 10.2 Å². The largest absolute Gasteiger partial charge is 0.339 e. The summed E-state index contributed by atoms with van der Waals surface area (Å²) in [5.74, 6) is 0.817. The van der Waals surface area contributed by atoms with Crippen LogP contribution in [0.1, 0.15) is 12.5 Å². The number of nitrogens with one attached hydrogen (secondary N) is 1. The van der Waals surface area contributed by atoms with Gasteiger partial charge in [-0.1, -0.05) is 48.2 Å². The van der Waals surface area contributed by atoms with Crippen molar-refractivity contribution in [3.63, 3.8) is 0 Å². The first-order valence-corrected chi connectivity index (χ1v) is 11.6. The molecule has 7 nitrogen and oxygen atoms in total. The number of benzene rings is 2. The molecular formula is C22H25N5O2S2. The third-order valence-corrected chi connectivity index (χ3v) is 6.56. The molecule has 3 rings (SSSR count). The summed E-state index contributed by atoms with van der Waals surface area (Å²) in [7, 11) is 3.39. The number of thioether (sulfide) groups is 2. The Bertz CT molecular complexity index is 1080. The molecule has 9 heteroatoms. The zero-order valence-corrected chi connectivity index (χ0v) is 19.6. The molecule has 0 aliphatic rings. The first-order valence-electron chi connectivity index (χ1n) is 9.80. The van der Waals surface area contributed by atoms with Crippen LogP contribution in [0.25, 0.3) is 11.4 Å². The zero-order valence-electron chi connectivity index (χ0n) is 18.0. The molecule has 0 aliphatic carbocycles. The minimum atomic E-state index is -0.168. The maximum atomic E-state index is 12.6. The Morgan fingerprint density at radius 1 is 1.06 bits per heavy atom. The lowest BCUT2D eigenvalue weighted by atomic mass is 10.1. The molecule has 31 heavy (non-hydrogen) atoms. The van der Waals surface area contributed by atoms with Crippen molar-refractivity contribution in [1.29, 1.82) is 0 Å². The lowest BCUT2D eigenvalue weighted by Gasteiger charge is -2.13. The van der Waals surface area contributed by atoms with E-state index in [0.717, 1.165) is 28.7 Å². The van der Waals surface area contributed by atoms with Crippen molar-refractivity contribution in [2.45, 2.75) is 30.4 Å². The van der Waals surface area contributed by atoms with E-state index in [9.17, 15) is 9.59 Å². The highest BCUT2D eigenvalue weighted by molar-refractivity contribution is 8.13. The molecule has 0 radical (unpaired) electrons. The molecule has 0 spiro atoms. The average molecular weight is 456 g/mol. The van der Waals surface area contributed by atoms with E-state index in [0.29, 0.717) is 22.3 Å². The first kappa shape index (κ1) is 22.9. The summed E-state index contributed by atoms with van der Waals surface area (Å²) in [5, 5.41) is 12.2. The van der Waals surface area contributed by atoms with Gasteiger partial charge in [0.25, 0.3) is 5.24 Å². The minimum Gasteiger partial charge on any atom is -0.339 e. The fraction of sp³-hybridized carbons (Fsp3) is 0.273. The van der Waals surface area contributed by atoms with Gasteiger partial charge in [0, 0.05) is 31.1 Å². The molecule has 162 valence electrons. The van der Waals surface area contributed by atoms with E-state index in [1.54, 1.807) is 20.2 Å². The van der Waals surface area contributed by atoms with E-state index >= 15 is 0 Å². The van der Waals surface area contributed by atoms with E-state index in [4.69, 9.17) is 0 Å². The number of para-hydroxylation sites is 1. The molecule has 3 aromatic rings. The van der Waals surface area contributed by atoms with Gasteiger partial charge in [-0.25, -0.2) is 0 Å². The Morgan fingerprint density at radius 2 is 1.77 bits per heavy atom. The van der Waals surface area contributed by atoms with Crippen LogP contribution in [0.5, 0.6) is 0 Å². The van der Waals surface area contributed by atoms with Gasteiger partial charge >= 0.3 is 0 Å². The molecule has 2 aromatic carbocycles. The predicted molar refractivity (Wildman–Crippen MR) is 127 cm³/mol. The van der Waals surface area contributed by atoms with Crippen molar-refractivity contribution in [2.24, 2.45) is 0 Å². The van der Waals surface area contributed by atoms with Crippen LogP contribution in [0.3, 0.4) is 0 Å². The van der Waals surface area contributed by atoms with Crippen LogP contribution < -0.4 is 5.32 Å². The Labute approximate surface area is 190 Å². The zero-order chi connectivity index (χ0) is 22.4. The number of carbonyl (C=O) groups excluding carboxylic acids is 2. The van der Waals surface area contributed by atoms with Crippen LogP contribution >= 0.6 is 23.5 Å². The number of nitrogens with zero attached hydrogens (tertiary/aromatic N) is 4. The van der Waals surface area contributed by atoms with Gasteiger partial charge < -0.3 is 14.8 Å². The standard InChI is InChI=1S/C22H25N5O2S2/c1-5-27-20(16-11-7-6-10-15(16)2)24-25-21(27)30-14-19(28)23-17-12-8-9-13-18(17)31-22(29)26(3)4/h6-13H,5,14H2,1-4H3,(H,23,28). The lowest BCUT2D eigenvalue weighted by molar-refractivity contribution is -0.113. The number of aryl methyl sites for hydroxylation is 1. The van der Waals surface area contributed by atoms with Crippen LogP contribution in [-0.4, -0.2) is 50.7 Å². The molecule has 0 aliphatic heterocycles. The SMILES string of the molecule is CCn1c(SCC(=O)Nc2ccccc2SC(=O)N(C)C)nnc1-c1ccccc1C. The average Bonchev–Trinajstić information content (AvgIpc) is 3.16. The van der Waals surface area contributed by atoms with Crippen LogP contribution in [0.4, 0.5) is 10.5 Å². The number of rotatable bonds is 7. The van der Waals surface area contributed by atoms with Gasteiger partial charge in [-0.3, -0.25) is 9.59 Å². The van der Waals surface area contributed by atoms with Crippen LogP contribution in [-0.2, 0) is 11.3 Å². The fourth-order valence-corrected chi connectivity index (χ4v) is 4.41. The summed E-state index contributed by atoms with van der Waals surface area (Å²) >= 11 is 2.42. The highest BCUT2D eigenvalue weighted by Gasteiger charge is 2.17. The predicted octanol–water partition coefficient (Wildman–Crippen LogP) is 4.78. The second-order valence-corrected chi connectivity index (χ2v) is 8.90. The van der Waals surface area contributed by atoms with Crippen LogP contribution in [0.15, 0.2) is 58.6 Å². The minimum absolute atomic E-state index is 0.101. The van der Waals surface area contributed by atoms with Crippen molar-refractivity contribution >= 4 is 40.4 Å². The maximum Gasteiger partial charge on any atom is 0.286 e. The van der Waals surface area contributed by atoms with Gasteiger partial charge in [0.15, 0.2) is 11.0 Å². The molecule has 0 saturated carbocycles. The van der Waals surface area contributed by atoms with E-state index < -0.39 is 0 Å². The van der Waals surface area contributed by atoms with Gasteiger partial charge in [-0.2, -0.15) is 0 Å². The number of anilines is 1. The van der Waals surface area contributed by atoms with Gasteiger partial charge in [0.1, 0.15) is 0 Å². The number of carbonyl (C=O) groups is 2. The lowest BCUT2D eigenvalue weighted by Crippen LogP contribution is -2.18. The molecule has 0 bridgehead atoms. The Kier molecular flexibility index (Phi) is 7.75. The van der Waals surface area contributed by atoms with E-state index in [1.165, 1.54) is 16.7 Å². The monoisotopic (exact) mass is 455 g/mol. The smallest absolute Gasteiger partial charge is 0.286 e. The van der Waals surface area contributed by atoms with Gasteiger partial charge in [0.05, 0.1) is 11.4 Å². The second-order valence-electron chi connectivity index (χ2n) is 6.96. The third kappa shape index (κ3) is 5.68. The first-order chi connectivity index (χ1) is 14.9. The van der Waals surface area contributed by atoms with Gasteiger partial charge in [0.2, 0.25) is 5.91 Å². The summed E-state index contributed by atoms with van der Waals surface area (Å²) in [6, 6.07) is 15.3. The Balaban J connectivity index is 1.69. The Hall–Kier alpha value is -2.78. The number of amides is 2. The summed E-state index contributed by atoms with van der Waals surface area (Å²) < 4.78 is 2.01. The molecule has 1 heterocycles. The molecular weight excluding hydrogens is 430 g/mol. The molecule has 0 unspecified atom stereocenters. The quantitative estimate of drug-likeness (QED) is 0.517. The number of hydrogen-bond acceptors (Lipinski definition) is 6. The van der Waals surface area contributed by atoms with E-state index in [-0.39, 0.29) is 16.9 Å². The fourth-order valence-electron chi connectivity index (χ4n) is 2.86. The normalized spacial score (nSPS) is 10.7. The highest BCUT2D eigenvalue weighted by Crippen LogP contribution is 2.29. The summed E-state index contributed by atoms with van der Waals surface area (Å²) in [6.07, 6.45) is 0. The second kappa shape index (κ2) is 10.5. The van der Waals surface area contributed by atoms with Crippen LogP contribution in [0.2, 0.25) is 0 Å². The topological polar surface area (TPSA) is 80.1 Å². The molecule has 1 aromatic heterocycles. The van der Waals surface area contributed by atoms with Gasteiger partial charge in [-0.05, 0) is 43.3 Å². The van der Waals surface area contributed by atoms with Crippen molar-refractivity contribution in [3.8, 4) is 11.4 Å². The molecule has 0 fully saturated rings. The van der Waals surface area contributed by atoms with Crippen molar-refractivity contribution < 1.29 is 9.59 Å². The van der Waals surface area contributed by atoms with E-state index in [1.807, 2.05) is 60.9 Å². The summed E-state index contributed by atoms with van der Waals surface area (Å²) in [5.41, 5.74) is 2.77. The molecule has 2 amide bonds. The highest BCUT2D eigenvalue weighted by atomic mass is 32.2. The van der Waals surface area contributed by atoms with Crippen molar-refractivity contribution in [3.05, 3.63) is 54.1 Å². The molecule has 0 saturated heterocycles. The third-order valence-electron chi connectivity index (χ3n) is 4.47. The van der Waals surface area contributed by atoms with Crippen molar-refractivity contribution in [1.82, 2.24) is 19.7 Å². The summed E-state index contributed by atoms with van der Waals surface area (Å²) in [6.45, 7) is 4.78. The van der Waals surface area contributed by atoms with Crippen LogP contribution in [0, 0.1) is 6.92 Å². The maximum absolute atomic E-state index is 12.6. The molecule has 0 atom stereocenters. The van der Waals surface area contributed by atoms with E-state index in [2.05, 4.69) is 15.5 Å². The molecule has 1 N–H and O–H groups in total.